The molecule has 0 saturated heterocycles. The van der Waals surface area contributed by atoms with Crippen LogP contribution in [0.25, 0.3) is 0 Å². The fourth-order valence-corrected chi connectivity index (χ4v) is 1.74. The largest absolute Gasteiger partial charge is 0.504 e. The van der Waals surface area contributed by atoms with Crippen LogP contribution in [0.15, 0.2) is 46.6 Å². The molecular weight excluding hydrogens is 324 g/mol. The average Bonchev–Trinajstić information content (AvgIpc) is 2.57. The lowest BCUT2D eigenvalue weighted by Crippen LogP contribution is -2.22. The van der Waals surface area contributed by atoms with Crippen LogP contribution >= 0.6 is 0 Å². The zero-order valence-corrected chi connectivity index (χ0v) is 14.0. The number of nitrogens with zero attached hydrogens (tertiary/aromatic N) is 4. The minimum Gasteiger partial charge on any atom is -0.504 e. The number of hydrogen-bond donors (Lipinski definition) is 3. The SMILES string of the molecule is CN(C)CCOC(=O)Nc1nc(N)c(N=Nc2ccccc2)cc1O. The van der Waals surface area contributed by atoms with Gasteiger partial charge in [-0.15, -0.1) is 5.11 Å². The maximum absolute atomic E-state index is 11.7. The first-order valence-corrected chi connectivity index (χ1v) is 7.50. The van der Waals surface area contributed by atoms with Crippen LogP contribution in [0.2, 0.25) is 0 Å². The number of nitrogens with two attached hydrogens (primary N) is 1. The van der Waals surface area contributed by atoms with Gasteiger partial charge in [-0.05, 0) is 26.2 Å². The van der Waals surface area contributed by atoms with E-state index in [-0.39, 0.29) is 29.7 Å². The topological polar surface area (TPSA) is 125 Å². The van der Waals surface area contributed by atoms with Crippen LogP contribution in [0, 0.1) is 0 Å². The summed E-state index contributed by atoms with van der Waals surface area (Å²) in [6.07, 6.45) is -0.734. The third kappa shape index (κ3) is 5.74. The number of nitrogens with one attached hydrogen (secondary N) is 1. The monoisotopic (exact) mass is 344 g/mol. The van der Waals surface area contributed by atoms with E-state index < -0.39 is 6.09 Å². The van der Waals surface area contributed by atoms with E-state index in [1.54, 1.807) is 12.1 Å². The van der Waals surface area contributed by atoms with Crippen molar-refractivity contribution in [1.82, 2.24) is 9.88 Å². The first-order chi connectivity index (χ1) is 12.0. The van der Waals surface area contributed by atoms with E-state index in [9.17, 15) is 9.90 Å². The molecule has 25 heavy (non-hydrogen) atoms. The van der Waals surface area contributed by atoms with E-state index in [1.807, 2.05) is 37.2 Å². The highest BCUT2D eigenvalue weighted by molar-refractivity contribution is 5.86. The van der Waals surface area contributed by atoms with E-state index in [1.165, 1.54) is 6.07 Å². The van der Waals surface area contributed by atoms with Gasteiger partial charge in [0, 0.05) is 12.6 Å². The minimum absolute atomic E-state index is 0.0149. The van der Waals surface area contributed by atoms with Crippen molar-refractivity contribution < 1.29 is 14.6 Å². The van der Waals surface area contributed by atoms with Crippen molar-refractivity contribution >= 4 is 29.1 Å². The molecule has 4 N–H and O–H groups in total. The van der Waals surface area contributed by atoms with Crippen molar-refractivity contribution in [1.29, 1.82) is 0 Å². The maximum Gasteiger partial charge on any atom is 0.412 e. The Morgan fingerprint density at radius 1 is 1.32 bits per heavy atom. The molecule has 0 bridgehead atoms. The van der Waals surface area contributed by atoms with Crippen LogP contribution in [-0.4, -0.2) is 48.3 Å². The third-order valence-corrected chi connectivity index (χ3v) is 3.03. The van der Waals surface area contributed by atoms with Gasteiger partial charge in [-0.3, -0.25) is 5.32 Å². The minimum atomic E-state index is -0.734. The summed E-state index contributed by atoms with van der Waals surface area (Å²) in [7, 11) is 3.72. The summed E-state index contributed by atoms with van der Waals surface area (Å²) < 4.78 is 4.96. The number of benzene rings is 1. The maximum atomic E-state index is 11.7. The lowest BCUT2D eigenvalue weighted by Gasteiger charge is -2.11. The zero-order valence-electron chi connectivity index (χ0n) is 14.0. The number of azo groups is 1. The molecule has 1 amide bonds. The molecule has 0 spiro atoms. The average molecular weight is 344 g/mol. The van der Waals surface area contributed by atoms with Gasteiger partial charge in [0.25, 0.3) is 0 Å². The molecule has 0 saturated carbocycles. The Bertz CT molecular complexity index is 749. The highest BCUT2D eigenvalue weighted by Gasteiger charge is 2.13. The number of aromatic hydroxyl groups is 1. The third-order valence-electron chi connectivity index (χ3n) is 3.03. The first kappa shape index (κ1) is 18.1. The van der Waals surface area contributed by atoms with E-state index in [2.05, 4.69) is 20.5 Å². The Kier molecular flexibility index (Phi) is 6.24. The molecule has 132 valence electrons. The lowest BCUT2D eigenvalue weighted by molar-refractivity contribution is 0.151. The molecule has 2 aromatic rings. The van der Waals surface area contributed by atoms with Gasteiger partial charge >= 0.3 is 6.09 Å². The summed E-state index contributed by atoms with van der Waals surface area (Å²) >= 11 is 0. The second kappa shape index (κ2) is 8.60. The van der Waals surface area contributed by atoms with Crippen molar-refractivity contribution in [3.63, 3.8) is 0 Å². The molecule has 0 fully saturated rings. The molecule has 2 rings (SSSR count). The molecular formula is C16H20N6O3. The van der Waals surface area contributed by atoms with E-state index in [0.717, 1.165) is 0 Å². The highest BCUT2D eigenvalue weighted by Crippen LogP contribution is 2.32. The number of likely N-dealkylation sites (N-methyl/N-ethyl adjacent to an activating group) is 1. The Labute approximate surface area is 145 Å². The second-order valence-corrected chi connectivity index (χ2v) is 5.36. The number of aromatic nitrogens is 1. The normalized spacial score (nSPS) is 11.0. The van der Waals surface area contributed by atoms with E-state index in [4.69, 9.17) is 10.5 Å². The summed E-state index contributed by atoms with van der Waals surface area (Å²) in [5.41, 5.74) is 6.62. The molecule has 0 atom stereocenters. The lowest BCUT2D eigenvalue weighted by atomic mass is 10.3. The Hall–Kier alpha value is -3.20. The first-order valence-electron chi connectivity index (χ1n) is 7.50. The Morgan fingerprint density at radius 2 is 2.04 bits per heavy atom. The molecule has 1 aromatic heterocycles. The van der Waals surface area contributed by atoms with Crippen LogP contribution in [0.1, 0.15) is 0 Å². The van der Waals surface area contributed by atoms with Gasteiger partial charge in [0.1, 0.15) is 12.3 Å². The zero-order chi connectivity index (χ0) is 18.2. The molecule has 0 aliphatic carbocycles. The number of carbonyl (C=O) groups is 1. The molecule has 1 heterocycles. The predicted octanol–water partition coefficient (Wildman–Crippen LogP) is 2.89. The number of hydrogen-bond acceptors (Lipinski definition) is 8. The van der Waals surface area contributed by atoms with Gasteiger partial charge in [0.05, 0.1) is 5.69 Å². The molecule has 9 nitrogen and oxygen atoms in total. The quantitative estimate of drug-likeness (QED) is 0.692. The number of ether oxygens (including phenoxy) is 1. The van der Waals surface area contributed by atoms with E-state index in [0.29, 0.717) is 12.2 Å². The molecule has 0 aliphatic rings. The number of rotatable bonds is 6. The molecule has 0 aliphatic heterocycles. The van der Waals surface area contributed by atoms with Crippen LogP contribution < -0.4 is 11.1 Å². The van der Waals surface area contributed by atoms with Gasteiger partial charge < -0.3 is 20.5 Å². The number of carbonyl (C=O) groups excluding carboxylic acids is 1. The summed E-state index contributed by atoms with van der Waals surface area (Å²) in [4.78, 5) is 17.5. The van der Waals surface area contributed by atoms with Gasteiger partial charge in [0.2, 0.25) is 0 Å². The Balaban J connectivity index is 2.04. The van der Waals surface area contributed by atoms with Crippen molar-refractivity contribution in [2.75, 3.05) is 38.3 Å². The fraction of sp³-hybridized carbons (Fsp3) is 0.250. The summed E-state index contributed by atoms with van der Waals surface area (Å²) in [5, 5.41) is 20.3. The fourth-order valence-electron chi connectivity index (χ4n) is 1.74. The number of anilines is 2. The molecule has 9 heteroatoms. The summed E-state index contributed by atoms with van der Waals surface area (Å²) in [5.74, 6) is -0.382. The number of amides is 1. The molecule has 0 unspecified atom stereocenters. The van der Waals surface area contributed by atoms with Gasteiger partial charge in [-0.2, -0.15) is 5.11 Å². The summed E-state index contributed by atoms with van der Waals surface area (Å²) in [6.45, 7) is 0.784. The Morgan fingerprint density at radius 3 is 2.72 bits per heavy atom. The summed E-state index contributed by atoms with van der Waals surface area (Å²) in [6, 6.07) is 10.3. The van der Waals surface area contributed by atoms with Crippen molar-refractivity contribution in [2.24, 2.45) is 10.2 Å². The van der Waals surface area contributed by atoms with Crippen molar-refractivity contribution in [2.45, 2.75) is 0 Å². The second-order valence-electron chi connectivity index (χ2n) is 5.36. The standard InChI is InChI=1S/C16H20N6O3/c1-22(2)8-9-25-16(24)19-15-13(23)10-12(14(17)18-15)21-20-11-6-4-3-5-7-11/h3-7,10,23H,8-9H2,1-2H3,(H3,17,18,19,24). The van der Waals surface area contributed by atoms with Crippen LogP contribution in [0.4, 0.5) is 27.8 Å². The van der Waals surface area contributed by atoms with Crippen molar-refractivity contribution in [3.05, 3.63) is 36.4 Å². The van der Waals surface area contributed by atoms with Gasteiger partial charge in [-0.1, -0.05) is 18.2 Å². The smallest absolute Gasteiger partial charge is 0.412 e. The molecule has 0 radical (unpaired) electrons. The van der Waals surface area contributed by atoms with Gasteiger partial charge in [0.15, 0.2) is 17.4 Å². The number of pyridine rings is 1. The van der Waals surface area contributed by atoms with Crippen LogP contribution in [0.3, 0.4) is 0 Å². The van der Waals surface area contributed by atoms with Crippen molar-refractivity contribution in [3.8, 4) is 5.75 Å². The van der Waals surface area contributed by atoms with Gasteiger partial charge in [-0.25, -0.2) is 9.78 Å². The molecule has 1 aromatic carbocycles. The number of nitrogen functional groups attached to an aromatic ring is 1. The van der Waals surface area contributed by atoms with Crippen LogP contribution in [0.5, 0.6) is 5.75 Å². The van der Waals surface area contributed by atoms with E-state index >= 15 is 0 Å². The highest BCUT2D eigenvalue weighted by atomic mass is 16.5. The predicted molar refractivity (Wildman–Crippen MR) is 94.5 cm³/mol. The van der Waals surface area contributed by atoms with Crippen LogP contribution in [-0.2, 0) is 4.74 Å².